The molecule has 1 rings (SSSR count). The van der Waals surface area contributed by atoms with Crippen molar-refractivity contribution in [2.24, 2.45) is 5.73 Å². The Labute approximate surface area is 141 Å². The molecule has 0 amide bonds. The minimum absolute atomic E-state index is 0.0206. The molecule has 0 aliphatic carbocycles. The summed E-state index contributed by atoms with van der Waals surface area (Å²) < 4.78 is 0. The zero-order chi connectivity index (χ0) is 16.6. The second kappa shape index (κ2) is 9.08. The molecule has 4 N–H and O–H groups in total. The largest absolute Gasteiger partial charge is 0.324 e. The van der Waals surface area contributed by atoms with E-state index in [1.165, 1.54) is 0 Å². The first-order valence-electron chi connectivity index (χ1n) is 7.39. The highest BCUT2D eigenvalue weighted by Gasteiger charge is 2.36. The number of nitrogens with two attached hydrogens (primary N) is 1. The number of hydrogen-bond donors (Lipinski definition) is 3. The molecule has 1 aliphatic rings. The summed E-state index contributed by atoms with van der Waals surface area (Å²) >= 11 is 3.40. The predicted octanol–water partition coefficient (Wildman–Crippen LogP) is 0.446. The van der Waals surface area contributed by atoms with Gasteiger partial charge < -0.3 is 11.1 Å². The van der Waals surface area contributed by atoms with E-state index < -0.39 is 11.1 Å². The van der Waals surface area contributed by atoms with Crippen LogP contribution < -0.4 is 16.4 Å². The molecule has 5 nitrogen and oxygen atoms in total. The Hall–Kier alpha value is -0.340. The molecule has 0 bridgehead atoms. The topological polar surface area (TPSA) is 84.2 Å². The molecule has 0 aromatic rings. The summed E-state index contributed by atoms with van der Waals surface area (Å²) in [6.45, 7) is 3.88. The third kappa shape index (κ3) is 5.38. The summed E-state index contributed by atoms with van der Waals surface area (Å²) in [4.78, 5) is 24.7. The van der Waals surface area contributed by atoms with Crippen molar-refractivity contribution in [1.29, 1.82) is 0 Å². The van der Waals surface area contributed by atoms with E-state index in [1.807, 2.05) is 13.8 Å². The highest BCUT2D eigenvalue weighted by atomic mass is 32.2. The van der Waals surface area contributed by atoms with Gasteiger partial charge in [0.05, 0.1) is 24.2 Å². The summed E-state index contributed by atoms with van der Waals surface area (Å²) in [7, 11) is 1.80. The van der Waals surface area contributed by atoms with Crippen molar-refractivity contribution in [3.8, 4) is 0 Å². The molecule has 0 saturated heterocycles. The third-order valence-corrected chi connectivity index (χ3v) is 6.40. The Kier molecular flexibility index (Phi) is 8.13. The van der Waals surface area contributed by atoms with Crippen LogP contribution in [-0.2, 0) is 9.59 Å². The standard InChI is InChI=1S/C15H27N3O2S2/c1-14(17-3)10-21-6-4-5-7-22-11-15(2,12(19)8-16)18-9-13(14)20/h4-5,17-18H,6-11,16H2,1-3H3/b5-4-/t14-,15-/m0/s1. The molecule has 22 heavy (non-hydrogen) atoms. The zero-order valence-electron chi connectivity index (χ0n) is 13.6. The summed E-state index contributed by atoms with van der Waals surface area (Å²) in [5, 5.41) is 6.27. The molecule has 7 heteroatoms. The maximum atomic E-state index is 12.6. The SMILES string of the molecule is CN[C@@]1(C)CSC/C=C\CSC[C@@](C)(C(=O)CN)NCC1=O. The molecule has 0 saturated carbocycles. The van der Waals surface area contributed by atoms with Crippen molar-refractivity contribution in [1.82, 2.24) is 10.6 Å². The molecule has 126 valence electrons. The number of rotatable bonds is 3. The molecule has 0 radical (unpaired) electrons. The van der Waals surface area contributed by atoms with Gasteiger partial charge in [-0.15, -0.1) is 0 Å². The van der Waals surface area contributed by atoms with Gasteiger partial charge in [-0.2, -0.15) is 23.5 Å². The molecule has 0 spiro atoms. The van der Waals surface area contributed by atoms with Gasteiger partial charge in [0.1, 0.15) is 0 Å². The van der Waals surface area contributed by atoms with Crippen LogP contribution in [0, 0.1) is 0 Å². The molecular weight excluding hydrogens is 318 g/mol. The van der Waals surface area contributed by atoms with E-state index in [0.717, 1.165) is 11.5 Å². The number of thioether (sulfide) groups is 2. The Morgan fingerprint density at radius 3 is 2.45 bits per heavy atom. The average Bonchev–Trinajstić information content (AvgIpc) is 2.54. The van der Waals surface area contributed by atoms with Gasteiger partial charge in [0.25, 0.3) is 0 Å². The average molecular weight is 346 g/mol. The minimum Gasteiger partial charge on any atom is -0.324 e. The first-order valence-corrected chi connectivity index (χ1v) is 9.70. The lowest BCUT2D eigenvalue weighted by atomic mass is 9.95. The first-order chi connectivity index (χ1) is 10.4. The van der Waals surface area contributed by atoms with Gasteiger partial charge in [-0.05, 0) is 20.9 Å². The zero-order valence-corrected chi connectivity index (χ0v) is 15.2. The second-order valence-electron chi connectivity index (χ2n) is 5.82. The molecule has 1 heterocycles. The lowest BCUT2D eigenvalue weighted by Gasteiger charge is -2.32. The summed E-state index contributed by atoms with van der Waals surface area (Å²) in [5.41, 5.74) is 4.17. The van der Waals surface area contributed by atoms with Crippen LogP contribution in [-0.4, -0.2) is 65.8 Å². The predicted molar refractivity (Wildman–Crippen MR) is 96.7 cm³/mol. The molecule has 1 aliphatic heterocycles. The molecular formula is C15H27N3O2S2. The highest BCUT2D eigenvalue weighted by molar-refractivity contribution is 7.99. The lowest BCUT2D eigenvalue weighted by Crippen LogP contribution is -2.59. The molecule has 0 aromatic carbocycles. The van der Waals surface area contributed by atoms with Crippen molar-refractivity contribution >= 4 is 35.1 Å². The van der Waals surface area contributed by atoms with Crippen molar-refractivity contribution in [2.45, 2.75) is 24.9 Å². The van der Waals surface area contributed by atoms with E-state index >= 15 is 0 Å². The normalized spacial score (nSPS) is 33.4. The van der Waals surface area contributed by atoms with Crippen LogP contribution in [0.15, 0.2) is 12.2 Å². The van der Waals surface area contributed by atoms with E-state index in [4.69, 9.17) is 5.73 Å². The van der Waals surface area contributed by atoms with Crippen molar-refractivity contribution < 1.29 is 9.59 Å². The number of ketones is 2. The molecule has 2 atom stereocenters. The number of Topliss-reactive ketones (excluding diaryl/α,β-unsaturated/α-hetero) is 2. The minimum atomic E-state index is -0.765. The summed E-state index contributed by atoms with van der Waals surface area (Å²) in [6.07, 6.45) is 4.23. The number of likely N-dealkylation sites (N-methyl/N-ethyl adjacent to an activating group) is 1. The Morgan fingerprint density at radius 1 is 1.32 bits per heavy atom. The first kappa shape index (κ1) is 19.7. The van der Waals surface area contributed by atoms with Gasteiger partial charge >= 0.3 is 0 Å². The Balaban J connectivity index is 2.91. The van der Waals surface area contributed by atoms with E-state index in [-0.39, 0.29) is 24.7 Å². The monoisotopic (exact) mass is 345 g/mol. The molecule has 0 unspecified atom stereocenters. The third-order valence-electron chi connectivity index (χ3n) is 3.98. The second-order valence-corrected chi connectivity index (χ2v) is 7.88. The van der Waals surface area contributed by atoms with Crippen LogP contribution in [0.1, 0.15) is 13.8 Å². The summed E-state index contributed by atoms with van der Waals surface area (Å²) in [5.74, 6) is 3.04. The quantitative estimate of drug-likeness (QED) is 0.640. The van der Waals surface area contributed by atoms with Gasteiger partial charge in [-0.25, -0.2) is 0 Å². The smallest absolute Gasteiger partial charge is 0.167 e. The van der Waals surface area contributed by atoms with E-state index in [2.05, 4.69) is 22.8 Å². The van der Waals surface area contributed by atoms with Crippen LogP contribution in [0.4, 0.5) is 0 Å². The number of carbonyl (C=O) groups is 2. The van der Waals surface area contributed by atoms with Crippen molar-refractivity contribution in [2.75, 3.05) is 43.1 Å². The maximum Gasteiger partial charge on any atom is 0.167 e. The van der Waals surface area contributed by atoms with Gasteiger partial charge in [0.2, 0.25) is 0 Å². The van der Waals surface area contributed by atoms with Gasteiger partial charge in [0.15, 0.2) is 11.6 Å². The van der Waals surface area contributed by atoms with Crippen LogP contribution in [0.2, 0.25) is 0 Å². The fourth-order valence-electron chi connectivity index (χ4n) is 2.02. The number of nitrogens with one attached hydrogen (secondary N) is 2. The molecule has 0 fully saturated rings. The van der Waals surface area contributed by atoms with Crippen LogP contribution >= 0.6 is 23.5 Å². The Morgan fingerprint density at radius 2 is 1.91 bits per heavy atom. The van der Waals surface area contributed by atoms with Crippen LogP contribution in [0.5, 0.6) is 0 Å². The van der Waals surface area contributed by atoms with Crippen LogP contribution in [0.25, 0.3) is 0 Å². The van der Waals surface area contributed by atoms with E-state index in [9.17, 15) is 9.59 Å². The summed E-state index contributed by atoms with van der Waals surface area (Å²) in [6, 6.07) is 0. The fraction of sp³-hybridized carbons (Fsp3) is 0.733. The van der Waals surface area contributed by atoms with E-state index in [0.29, 0.717) is 11.5 Å². The lowest BCUT2D eigenvalue weighted by molar-refractivity contribution is -0.125. The maximum absolute atomic E-state index is 12.6. The Bertz CT molecular complexity index is 431. The van der Waals surface area contributed by atoms with Crippen molar-refractivity contribution in [3.05, 3.63) is 12.2 Å². The van der Waals surface area contributed by atoms with Gasteiger partial charge in [-0.3, -0.25) is 14.9 Å². The highest BCUT2D eigenvalue weighted by Crippen LogP contribution is 2.18. The number of hydrogen-bond acceptors (Lipinski definition) is 7. The molecule has 0 aromatic heterocycles. The van der Waals surface area contributed by atoms with E-state index in [1.54, 1.807) is 30.6 Å². The fourth-order valence-corrected chi connectivity index (χ4v) is 4.18. The van der Waals surface area contributed by atoms with Gasteiger partial charge in [-0.1, -0.05) is 12.2 Å². The van der Waals surface area contributed by atoms with Gasteiger partial charge in [0, 0.05) is 23.0 Å². The van der Waals surface area contributed by atoms with Crippen LogP contribution in [0.3, 0.4) is 0 Å². The number of carbonyl (C=O) groups excluding carboxylic acids is 2. The van der Waals surface area contributed by atoms with Crippen molar-refractivity contribution in [3.63, 3.8) is 0 Å².